The van der Waals surface area contributed by atoms with Crippen LogP contribution in [0.2, 0.25) is 0 Å². The molecule has 9 nitrogen and oxygen atoms in total. The second-order valence-corrected chi connectivity index (χ2v) is 4.66. The first kappa shape index (κ1) is 14.3. The Balaban J connectivity index is 2.10. The summed E-state index contributed by atoms with van der Waals surface area (Å²) in [6.45, 7) is 4.38. The Morgan fingerprint density at radius 3 is 2.91 bits per heavy atom. The zero-order valence-corrected chi connectivity index (χ0v) is 12.1. The van der Waals surface area contributed by atoms with Crippen LogP contribution in [0, 0.1) is 0 Å². The highest BCUT2D eigenvalue weighted by Crippen LogP contribution is 2.28. The number of nitrogens with one attached hydrogen (secondary N) is 1. The number of anilines is 2. The molecule has 1 saturated heterocycles. The number of ether oxygens (including phenoxy) is 1. The van der Waals surface area contributed by atoms with Crippen molar-refractivity contribution in [2.45, 2.75) is 6.92 Å². The van der Waals surface area contributed by atoms with E-state index in [1.807, 2.05) is 0 Å². The summed E-state index contributed by atoms with van der Waals surface area (Å²) < 4.78 is 10.8. The van der Waals surface area contributed by atoms with Crippen molar-refractivity contribution in [2.75, 3.05) is 36.6 Å². The van der Waals surface area contributed by atoms with Gasteiger partial charge < -0.3 is 19.8 Å². The molecule has 0 bridgehead atoms. The van der Waals surface area contributed by atoms with E-state index in [1.165, 1.54) is 0 Å². The predicted octanol–water partition coefficient (Wildman–Crippen LogP) is 0.576. The van der Waals surface area contributed by atoms with E-state index in [0.29, 0.717) is 43.2 Å². The Morgan fingerprint density at radius 1 is 1.45 bits per heavy atom. The van der Waals surface area contributed by atoms with Gasteiger partial charge in [0.05, 0.1) is 18.6 Å². The average Bonchev–Trinajstić information content (AvgIpc) is 2.97. The van der Waals surface area contributed by atoms with Crippen LogP contribution in [0.4, 0.5) is 11.8 Å². The molecule has 0 radical (unpaired) electrons. The van der Waals surface area contributed by atoms with Crippen molar-refractivity contribution in [3.05, 3.63) is 11.8 Å². The molecule has 9 heteroatoms. The molecule has 1 aliphatic rings. The van der Waals surface area contributed by atoms with Crippen LogP contribution in [0.15, 0.2) is 15.6 Å². The first-order chi connectivity index (χ1) is 10.7. The third kappa shape index (κ3) is 2.70. The highest BCUT2D eigenvalue weighted by Gasteiger charge is 2.21. The van der Waals surface area contributed by atoms with E-state index >= 15 is 0 Å². The number of rotatable bonds is 4. The van der Waals surface area contributed by atoms with E-state index in [0.717, 1.165) is 0 Å². The van der Waals surface area contributed by atoms with Crippen molar-refractivity contribution < 1.29 is 13.9 Å². The van der Waals surface area contributed by atoms with Gasteiger partial charge in [-0.2, -0.15) is 15.1 Å². The summed E-state index contributed by atoms with van der Waals surface area (Å²) in [7, 11) is 0. The van der Waals surface area contributed by atoms with Gasteiger partial charge in [-0.1, -0.05) is 0 Å². The molecule has 1 aliphatic heterocycles. The molecule has 2 aromatic rings. The van der Waals surface area contributed by atoms with Crippen LogP contribution in [0.25, 0.3) is 11.1 Å². The SMILES string of the molecule is C/C=N/Nc1nc(N2CCOCC2)c2cc(C(N)=O)oc2n1. The fraction of sp³-hybridized carbons (Fsp3) is 0.385. The molecule has 0 aliphatic carbocycles. The normalized spacial score (nSPS) is 15.6. The molecule has 116 valence electrons. The van der Waals surface area contributed by atoms with Gasteiger partial charge in [0, 0.05) is 25.4 Å². The van der Waals surface area contributed by atoms with E-state index in [-0.39, 0.29) is 11.7 Å². The van der Waals surface area contributed by atoms with E-state index < -0.39 is 5.91 Å². The minimum absolute atomic E-state index is 0.0509. The van der Waals surface area contributed by atoms with Gasteiger partial charge in [0.2, 0.25) is 11.7 Å². The first-order valence-corrected chi connectivity index (χ1v) is 6.87. The lowest BCUT2D eigenvalue weighted by Gasteiger charge is -2.28. The maximum absolute atomic E-state index is 11.3. The van der Waals surface area contributed by atoms with Crippen LogP contribution >= 0.6 is 0 Å². The molecular formula is C13H16N6O3. The quantitative estimate of drug-likeness (QED) is 0.626. The van der Waals surface area contributed by atoms with Crippen LogP contribution in [0.3, 0.4) is 0 Å². The van der Waals surface area contributed by atoms with Crippen molar-refractivity contribution in [2.24, 2.45) is 10.8 Å². The Kier molecular flexibility index (Phi) is 3.88. The highest BCUT2D eigenvalue weighted by atomic mass is 16.5. The molecule has 3 N–H and O–H groups in total. The minimum atomic E-state index is -0.646. The van der Waals surface area contributed by atoms with Crippen molar-refractivity contribution in [1.82, 2.24) is 9.97 Å². The van der Waals surface area contributed by atoms with E-state index in [4.69, 9.17) is 14.9 Å². The van der Waals surface area contributed by atoms with Crippen LogP contribution in [0.5, 0.6) is 0 Å². The van der Waals surface area contributed by atoms with Crippen molar-refractivity contribution in [3.8, 4) is 0 Å². The van der Waals surface area contributed by atoms with E-state index in [1.54, 1.807) is 19.2 Å². The van der Waals surface area contributed by atoms with E-state index in [9.17, 15) is 4.79 Å². The van der Waals surface area contributed by atoms with Crippen molar-refractivity contribution in [1.29, 1.82) is 0 Å². The largest absolute Gasteiger partial charge is 0.432 e. The lowest BCUT2D eigenvalue weighted by Crippen LogP contribution is -2.37. The summed E-state index contributed by atoms with van der Waals surface area (Å²) in [6, 6.07) is 1.56. The number of primary amides is 1. The standard InChI is InChI=1S/C13H16N6O3/c1-2-15-18-13-16-11(19-3-5-21-6-4-19)8-7-9(10(14)20)22-12(8)17-13/h2,7H,3-6H2,1H3,(H2,14,20)(H,16,17,18)/b15-2+. The molecule has 22 heavy (non-hydrogen) atoms. The molecule has 1 amide bonds. The monoisotopic (exact) mass is 304 g/mol. The number of hydrazone groups is 1. The Labute approximate surface area is 126 Å². The highest BCUT2D eigenvalue weighted by molar-refractivity contribution is 5.97. The first-order valence-electron chi connectivity index (χ1n) is 6.87. The zero-order valence-electron chi connectivity index (χ0n) is 12.1. The molecule has 0 unspecified atom stereocenters. The zero-order chi connectivity index (χ0) is 15.5. The second-order valence-electron chi connectivity index (χ2n) is 4.66. The summed E-state index contributed by atoms with van der Waals surface area (Å²) in [5, 5.41) is 4.54. The van der Waals surface area contributed by atoms with Gasteiger partial charge in [-0.3, -0.25) is 4.79 Å². The van der Waals surface area contributed by atoms with Gasteiger partial charge in [0.15, 0.2) is 5.76 Å². The fourth-order valence-electron chi connectivity index (χ4n) is 2.22. The number of amides is 1. The van der Waals surface area contributed by atoms with Crippen molar-refractivity contribution >= 4 is 35.0 Å². The number of carbonyl (C=O) groups excluding carboxylic acids is 1. The maximum atomic E-state index is 11.3. The molecule has 1 fully saturated rings. The van der Waals surface area contributed by atoms with Crippen LogP contribution in [-0.4, -0.2) is 48.4 Å². The van der Waals surface area contributed by atoms with Crippen LogP contribution in [-0.2, 0) is 4.74 Å². The number of morpholine rings is 1. The van der Waals surface area contributed by atoms with Crippen LogP contribution in [0.1, 0.15) is 17.5 Å². The molecule has 0 atom stereocenters. The summed E-state index contributed by atoms with van der Waals surface area (Å²) in [6.07, 6.45) is 1.58. The molecule has 0 aromatic carbocycles. The summed E-state index contributed by atoms with van der Waals surface area (Å²) in [5.41, 5.74) is 8.28. The van der Waals surface area contributed by atoms with Gasteiger partial charge in [-0.15, -0.1) is 0 Å². The molecule has 0 spiro atoms. The third-order valence-electron chi connectivity index (χ3n) is 3.22. The van der Waals surface area contributed by atoms with Gasteiger partial charge >= 0.3 is 0 Å². The van der Waals surface area contributed by atoms with Gasteiger partial charge in [0.1, 0.15) is 5.82 Å². The maximum Gasteiger partial charge on any atom is 0.284 e. The lowest BCUT2D eigenvalue weighted by atomic mass is 10.3. The number of furan rings is 1. The molecule has 3 heterocycles. The topological polar surface area (TPSA) is 119 Å². The lowest BCUT2D eigenvalue weighted by molar-refractivity contribution is 0.0975. The minimum Gasteiger partial charge on any atom is -0.432 e. The van der Waals surface area contributed by atoms with Gasteiger partial charge in [-0.05, 0) is 6.92 Å². The number of hydrogen-bond donors (Lipinski definition) is 2. The van der Waals surface area contributed by atoms with E-state index in [2.05, 4.69) is 25.4 Å². The average molecular weight is 304 g/mol. The number of nitrogens with two attached hydrogens (primary N) is 1. The summed E-state index contributed by atoms with van der Waals surface area (Å²) in [4.78, 5) is 22.0. The van der Waals surface area contributed by atoms with Gasteiger partial charge in [0.25, 0.3) is 5.91 Å². The number of hydrogen-bond acceptors (Lipinski definition) is 8. The second kappa shape index (κ2) is 5.98. The Hall–Kier alpha value is -2.68. The smallest absolute Gasteiger partial charge is 0.284 e. The number of aromatic nitrogens is 2. The fourth-order valence-corrected chi connectivity index (χ4v) is 2.22. The Bertz CT molecular complexity index is 720. The summed E-state index contributed by atoms with van der Waals surface area (Å²) >= 11 is 0. The molecule has 2 aromatic heterocycles. The number of nitrogens with zero attached hydrogens (tertiary/aromatic N) is 4. The molecule has 0 saturated carbocycles. The third-order valence-corrected chi connectivity index (χ3v) is 3.22. The molecular weight excluding hydrogens is 288 g/mol. The van der Waals surface area contributed by atoms with Crippen LogP contribution < -0.4 is 16.1 Å². The predicted molar refractivity (Wildman–Crippen MR) is 81.1 cm³/mol. The number of carbonyl (C=O) groups is 1. The Morgan fingerprint density at radius 2 is 2.23 bits per heavy atom. The molecule has 3 rings (SSSR count). The summed E-state index contributed by atoms with van der Waals surface area (Å²) in [5.74, 6) is 0.359. The van der Waals surface area contributed by atoms with Crippen molar-refractivity contribution in [3.63, 3.8) is 0 Å². The van der Waals surface area contributed by atoms with Gasteiger partial charge in [-0.25, -0.2) is 5.43 Å². The number of fused-ring (bicyclic) bond motifs is 1.